The average molecular weight is 243 g/mol. The molecule has 0 aromatic carbocycles. The molecule has 0 amide bonds. The molecule has 17 heavy (non-hydrogen) atoms. The van der Waals surface area contributed by atoms with Gasteiger partial charge in [-0.2, -0.15) is 0 Å². The Labute approximate surface area is 105 Å². The molecule has 1 saturated carbocycles. The summed E-state index contributed by atoms with van der Waals surface area (Å²) < 4.78 is 0. The fourth-order valence-corrected chi connectivity index (χ4v) is 2.81. The zero-order valence-electron chi connectivity index (χ0n) is 11.3. The van der Waals surface area contributed by atoms with E-state index < -0.39 is 12.2 Å². The summed E-state index contributed by atoms with van der Waals surface area (Å²) >= 11 is 0. The fraction of sp³-hybridized carbons (Fsp3) is 1.00. The van der Waals surface area contributed by atoms with Crippen molar-refractivity contribution in [2.75, 3.05) is 0 Å². The Balaban J connectivity index is 2.24. The minimum Gasteiger partial charge on any atom is -0.390 e. The maximum Gasteiger partial charge on any atom is 0.0801 e. The van der Waals surface area contributed by atoms with Crippen LogP contribution in [0.5, 0.6) is 0 Å². The van der Waals surface area contributed by atoms with E-state index in [0.717, 1.165) is 12.8 Å². The van der Waals surface area contributed by atoms with Crippen molar-refractivity contribution < 1.29 is 10.2 Å². The van der Waals surface area contributed by atoms with Crippen molar-refractivity contribution in [3.05, 3.63) is 0 Å². The summed E-state index contributed by atoms with van der Waals surface area (Å²) in [4.78, 5) is 0. The number of hydrogen-bond donors (Lipinski definition) is 3. The SMILES string of the molecule is CC(C)C[C@H](O)[C@H](O)CCC1CCCC[C@@H]1N. The topological polar surface area (TPSA) is 66.5 Å². The highest BCUT2D eigenvalue weighted by molar-refractivity contribution is 4.79. The number of rotatable bonds is 6. The van der Waals surface area contributed by atoms with Crippen LogP contribution < -0.4 is 5.73 Å². The number of aliphatic hydroxyl groups is 2. The molecule has 1 fully saturated rings. The van der Waals surface area contributed by atoms with Crippen LogP contribution in [0, 0.1) is 11.8 Å². The fourth-order valence-electron chi connectivity index (χ4n) is 2.81. The van der Waals surface area contributed by atoms with Gasteiger partial charge in [-0.1, -0.05) is 26.7 Å². The molecule has 3 heteroatoms. The maximum atomic E-state index is 9.89. The van der Waals surface area contributed by atoms with Crippen LogP contribution in [-0.2, 0) is 0 Å². The summed E-state index contributed by atoms with van der Waals surface area (Å²) in [6.07, 6.45) is 5.99. The molecule has 102 valence electrons. The highest BCUT2D eigenvalue weighted by Gasteiger charge is 2.24. The number of nitrogens with two attached hydrogens (primary N) is 1. The molecule has 1 aliphatic carbocycles. The van der Waals surface area contributed by atoms with Crippen LogP contribution in [0.15, 0.2) is 0 Å². The van der Waals surface area contributed by atoms with Gasteiger partial charge in [0, 0.05) is 6.04 Å². The van der Waals surface area contributed by atoms with Gasteiger partial charge in [0.1, 0.15) is 0 Å². The van der Waals surface area contributed by atoms with E-state index in [-0.39, 0.29) is 0 Å². The molecule has 0 heterocycles. The lowest BCUT2D eigenvalue weighted by Gasteiger charge is -2.30. The van der Waals surface area contributed by atoms with Crippen molar-refractivity contribution in [1.82, 2.24) is 0 Å². The summed E-state index contributed by atoms with van der Waals surface area (Å²) in [6.45, 7) is 4.12. The summed E-state index contributed by atoms with van der Waals surface area (Å²) in [5, 5.41) is 19.7. The van der Waals surface area contributed by atoms with Gasteiger partial charge in [0.25, 0.3) is 0 Å². The average Bonchev–Trinajstić information content (AvgIpc) is 2.26. The molecular weight excluding hydrogens is 214 g/mol. The Bertz CT molecular complexity index is 208. The smallest absolute Gasteiger partial charge is 0.0801 e. The van der Waals surface area contributed by atoms with E-state index in [4.69, 9.17) is 5.73 Å². The van der Waals surface area contributed by atoms with E-state index in [0.29, 0.717) is 30.7 Å². The third-order valence-electron chi connectivity index (χ3n) is 3.96. The Morgan fingerprint density at radius 3 is 2.35 bits per heavy atom. The van der Waals surface area contributed by atoms with Crippen LogP contribution in [0.1, 0.15) is 58.8 Å². The van der Waals surface area contributed by atoms with Crippen LogP contribution >= 0.6 is 0 Å². The van der Waals surface area contributed by atoms with Crippen LogP contribution in [0.4, 0.5) is 0 Å². The summed E-state index contributed by atoms with van der Waals surface area (Å²) in [5.74, 6) is 0.973. The molecule has 0 spiro atoms. The van der Waals surface area contributed by atoms with Gasteiger partial charge in [-0.3, -0.25) is 0 Å². The van der Waals surface area contributed by atoms with E-state index in [1.54, 1.807) is 0 Å². The summed E-state index contributed by atoms with van der Waals surface area (Å²) in [7, 11) is 0. The van der Waals surface area contributed by atoms with Gasteiger partial charge >= 0.3 is 0 Å². The molecule has 0 aromatic rings. The monoisotopic (exact) mass is 243 g/mol. The third kappa shape index (κ3) is 5.36. The zero-order chi connectivity index (χ0) is 12.8. The first kappa shape index (κ1) is 14.9. The van der Waals surface area contributed by atoms with Gasteiger partial charge in [-0.05, 0) is 43.9 Å². The molecule has 0 aromatic heterocycles. The Morgan fingerprint density at radius 2 is 1.76 bits per heavy atom. The molecule has 0 bridgehead atoms. The molecule has 1 rings (SSSR count). The highest BCUT2D eigenvalue weighted by atomic mass is 16.3. The second kappa shape index (κ2) is 7.34. The third-order valence-corrected chi connectivity index (χ3v) is 3.96. The quantitative estimate of drug-likeness (QED) is 0.669. The van der Waals surface area contributed by atoms with Crippen molar-refractivity contribution >= 4 is 0 Å². The molecule has 1 aliphatic rings. The lowest BCUT2D eigenvalue weighted by molar-refractivity contribution is -0.00142. The summed E-state index contributed by atoms with van der Waals surface area (Å²) in [5.41, 5.74) is 6.08. The first-order chi connectivity index (χ1) is 8.00. The molecule has 3 nitrogen and oxygen atoms in total. The van der Waals surface area contributed by atoms with Crippen molar-refractivity contribution in [3.8, 4) is 0 Å². The minimum atomic E-state index is -0.577. The molecule has 0 radical (unpaired) electrons. The van der Waals surface area contributed by atoms with Crippen LogP contribution in [-0.4, -0.2) is 28.5 Å². The van der Waals surface area contributed by atoms with E-state index in [2.05, 4.69) is 13.8 Å². The van der Waals surface area contributed by atoms with Crippen molar-refractivity contribution in [3.63, 3.8) is 0 Å². The van der Waals surface area contributed by atoms with E-state index in [1.165, 1.54) is 19.3 Å². The number of aliphatic hydroxyl groups excluding tert-OH is 2. The largest absolute Gasteiger partial charge is 0.390 e. The molecule has 4 N–H and O–H groups in total. The predicted octanol–water partition coefficient (Wildman–Crippen LogP) is 2.05. The van der Waals surface area contributed by atoms with Gasteiger partial charge in [0.15, 0.2) is 0 Å². The van der Waals surface area contributed by atoms with E-state index in [9.17, 15) is 10.2 Å². The second-order valence-corrected chi connectivity index (χ2v) is 6.05. The Hall–Kier alpha value is -0.120. The Kier molecular flexibility index (Phi) is 6.45. The van der Waals surface area contributed by atoms with E-state index >= 15 is 0 Å². The molecule has 1 unspecified atom stereocenters. The van der Waals surface area contributed by atoms with Gasteiger partial charge in [0.2, 0.25) is 0 Å². The highest BCUT2D eigenvalue weighted by Crippen LogP contribution is 2.27. The van der Waals surface area contributed by atoms with Crippen molar-refractivity contribution in [2.24, 2.45) is 17.6 Å². The zero-order valence-corrected chi connectivity index (χ0v) is 11.3. The molecule has 0 aliphatic heterocycles. The van der Waals surface area contributed by atoms with E-state index in [1.807, 2.05) is 0 Å². The lowest BCUT2D eigenvalue weighted by Crippen LogP contribution is -2.35. The van der Waals surface area contributed by atoms with Gasteiger partial charge in [-0.15, -0.1) is 0 Å². The number of hydrogen-bond acceptors (Lipinski definition) is 3. The van der Waals surface area contributed by atoms with Gasteiger partial charge < -0.3 is 15.9 Å². The van der Waals surface area contributed by atoms with Crippen molar-refractivity contribution in [2.45, 2.75) is 77.0 Å². The van der Waals surface area contributed by atoms with Gasteiger partial charge in [-0.25, -0.2) is 0 Å². The normalized spacial score (nSPS) is 29.3. The van der Waals surface area contributed by atoms with Crippen LogP contribution in [0.3, 0.4) is 0 Å². The lowest BCUT2D eigenvalue weighted by atomic mass is 9.81. The summed E-state index contributed by atoms with van der Waals surface area (Å²) in [6, 6.07) is 0.304. The van der Waals surface area contributed by atoms with Crippen LogP contribution in [0.2, 0.25) is 0 Å². The minimum absolute atomic E-state index is 0.304. The predicted molar refractivity (Wildman–Crippen MR) is 70.6 cm³/mol. The molecule has 4 atom stereocenters. The molecular formula is C14H29NO2. The molecule has 0 saturated heterocycles. The van der Waals surface area contributed by atoms with Gasteiger partial charge in [0.05, 0.1) is 12.2 Å². The second-order valence-electron chi connectivity index (χ2n) is 6.05. The van der Waals surface area contributed by atoms with Crippen molar-refractivity contribution in [1.29, 1.82) is 0 Å². The first-order valence-electron chi connectivity index (χ1n) is 7.12. The first-order valence-corrected chi connectivity index (χ1v) is 7.12. The Morgan fingerprint density at radius 1 is 1.12 bits per heavy atom. The van der Waals surface area contributed by atoms with Crippen LogP contribution in [0.25, 0.3) is 0 Å². The standard InChI is InChI=1S/C14H29NO2/c1-10(2)9-14(17)13(16)8-7-11-5-3-4-6-12(11)15/h10-14,16-17H,3-9,15H2,1-2H3/t11?,12-,13+,14-/m0/s1. The maximum absolute atomic E-state index is 9.89.